The molecule has 34 heavy (non-hydrogen) atoms. The maximum atomic E-state index is 12.9. The van der Waals surface area contributed by atoms with Crippen LogP contribution in [0, 0.1) is 6.92 Å². The Kier molecular flexibility index (Phi) is 6.32. The van der Waals surface area contributed by atoms with Gasteiger partial charge in [-0.3, -0.25) is 24.7 Å². The molecule has 0 spiro atoms. The van der Waals surface area contributed by atoms with Gasteiger partial charge >= 0.3 is 0 Å². The van der Waals surface area contributed by atoms with Gasteiger partial charge in [0.05, 0.1) is 5.69 Å². The maximum Gasteiger partial charge on any atom is 0.255 e. The van der Waals surface area contributed by atoms with Gasteiger partial charge in [0.2, 0.25) is 11.8 Å². The summed E-state index contributed by atoms with van der Waals surface area (Å²) >= 11 is 0. The number of rotatable bonds is 6. The summed E-state index contributed by atoms with van der Waals surface area (Å²) in [6, 6.07) is 11.2. The van der Waals surface area contributed by atoms with Crippen LogP contribution in [0.15, 0.2) is 36.4 Å². The van der Waals surface area contributed by atoms with E-state index < -0.39 is 11.9 Å². The topological polar surface area (TPSA) is 101 Å². The highest BCUT2D eigenvalue weighted by Crippen LogP contribution is 2.32. The molecule has 3 atom stereocenters. The summed E-state index contributed by atoms with van der Waals surface area (Å²) in [5.74, 6) is -0.106. The van der Waals surface area contributed by atoms with E-state index in [1.165, 1.54) is 6.42 Å². The van der Waals surface area contributed by atoms with E-state index in [4.69, 9.17) is 4.74 Å². The Hall–Kier alpha value is -3.26. The molecule has 1 aromatic carbocycles. The highest BCUT2D eigenvalue weighted by molar-refractivity contribution is 6.05. The van der Waals surface area contributed by atoms with E-state index in [-0.39, 0.29) is 30.4 Å². The molecule has 2 N–H and O–H groups in total. The molecule has 2 fully saturated rings. The van der Waals surface area contributed by atoms with Gasteiger partial charge in [-0.15, -0.1) is 0 Å². The van der Waals surface area contributed by atoms with Gasteiger partial charge in [0.1, 0.15) is 17.9 Å². The largest absolute Gasteiger partial charge is 0.489 e. The predicted octanol–water partition coefficient (Wildman–Crippen LogP) is 2.63. The van der Waals surface area contributed by atoms with Gasteiger partial charge in [0.25, 0.3) is 5.91 Å². The van der Waals surface area contributed by atoms with Crippen LogP contribution in [-0.4, -0.2) is 45.8 Å². The molecule has 178 valence electrons. The normalized spacial score (nSPS) is 24.7. The lowest BCUT2D eigenvalue weighted by Gasteiger charge is -2.32. The van der Waals surface area contributed by atoms with E-state index in [2.05, 4.69) is 15.6 Å². The minimum Gasteiger partial charge on any atom is -0.489 e. The quantitative estimate of drug-likeness (QED) is 0.640. The van der Waals surface area contributed by atoms with E-state index in [9.17, 15) is 14.4 Å². The molecule has 1 saturated heterocycles. The molecule has 3 heterocycles. The van der Waals surface area contributed by atoms with E-state index in [1.54, 1.807) is 11.0 Å². The molecular formula is C26H30N4O4. The third-order valence-corrected chi connectivity index (χ3v) is 6.98. The van der Waals surface area contributed by atoms with Crippen LogP contribution in [0.1, 0.15) is 65.8 Å². The second-order valence-electron chi connectivity index (χ2n) is 9.42. The van der Waals surface area contributed by atoms with Crippen molar-refractivity contribution in [3.63, 3.8) is 0 Å². The summed E-state index contributed by atoms with van der Waals surface area (Å²) in [7, 11) is 0. The average molecular weight is 463 g/mol. The van der Waals surface area contributed by atoms with Crippen molar-refractivity contribution in [1.29, 1.82) is 0 Å². The van der Waals surface area contributed by atoms with Crippen LogP contribution in [0.2, 0.25) is 0 Å². The first-order valence-corrected chi connectivity index (χ1v) is 12.1. The third kappa shape index (κ3) is 4.68. The molecule has 2 aliphatic heterocycles. The molecule has 1 unspecified atom stereocenters. The van der Waals surface area contributed by atoms with Crippen LogP contribution in [0.25, 0.3) is 0 Å². The molecule has 0 radical (unpaired) electrons. The summed E-state index contributed by atoms with van der Waals surface area (Å²) < 4.78 is 6.42. The highest BCUT2D eigenvalue weighted by atomic mass is 16.5. The van der Waals surface area contributed by atoms with E-state index in [0.717, 1.165) is 42.0 Å². The molecule has 1 aliphatic carbocycles. The van der Waals surface area contributed by atoms with Crippen molar-refractivity contribution in [1.82, 2.24) is 20.5 Å². The number of ether oxygens (including phenoxy) is 1. The molecule has 1 saturated carbocycles. The average Bonchev–Trinajstić information content (AvgIpc) is 3.14. The Morgan fingerprint density at radius 1 is 1.12 bits per heavy atom. The second kappa shape index (κ2) is 9.54. The number of hydrogen-bond acceptors (Lipinski definition) is 6. The number of pyridine rings is 1. The molecular weight excluding hydrogens is 432 g/mol. The molecule has 8 heteroatoms. The van der Waals surface area contributed by atoms with Crippen molar-refractivity contribution in [3.8, 4) is 5.75 Å². The van der Waals surface area contributed by atoms with Gasteiger partial charge in [-0.2, -0.15) is 0 Å². The minimum absolute atomic E-state index is 0.0416. The number of nitrogens with one attached hydrogen (secondary N) is 2. The molecule has 2 aromatic rings. The number of aromatic nitrogens is 1. The summed E-state index contributed by atoms with van der Waals surface area (Å²) in [4.78, 5) is 42.8. The summed E-state index contributed by atoms with van der Waals surface area (Å²) in [5.41, 5.74) is 3.49. The number of nitrogens with zero attached hydrogens (tertiary/aromatic N) is 2. The lowest BCUT2D eigenvalue weighted by molar-refractivity contribution is -0.136. The SMILES string of the molecule is Cc1cccc(CN[C@@H]2CCCC[C@@H]2Oc2ccc3c(c2)CN(C2CCC(=O)NC2=O)C3=O)n1. The summed E-state index contributed by atoms with van der Waals surface area (Å²) in [5, 5.41) is 5.97. The Bertz CT molecular complexity index is 1120. The number of fused-ring (bicyclic) bond motifs is 1. The number of amides is 3. The Morgan fingerprint density at radius 3 is 2.79 bits per heavy atom. The van der Waals surface area contributed by atoms with Crippen LogP contribution < -0.4 is 15.4 Å². The molecule has 0 bridgehead atoms. The number of carbonyl (C=O) groups excluding carboxylic acids is 3. The van der Waals surface area contributed by atoms with E-state index in [1.807, 2.05) is 37.3 Å². The zero-order valence-corrected chi connectivity index (χ0v) is 19.4. The highest BCUT2D eigenvalue weighted by Gasteiger charge is 2.39. The zero-order chi connectivity index (χ0) is 23.7. The van der Waals surface area contributed by atoms with Crippen molar-refractivity contribution in [2.75, 3.05) is 0 Å². The molecule has 1 aromatic heterocycles. The first-order chi connectivity index (χ1) is 16.5. The Balaban J connectivity index is 1.25. The third-order valence-electron chi connectivity index (χ3n) is 6.98. The Morgan fingerprint density at radius 2 is 1.97 bits per heavy atom. The number of aryl methyl sites for hydroxylation is 1. The zero-order valence-electron chi connectivity index (χ0n) is 19.4. The number of carbonyl (C=O) groups is 3. The van der Waals surface area contributed by atoms with Crippen LogP contribution in [0.5, 0.6) is 5.75 Å². The summed E-state index contributed by atoms with van der Waals surface area (Å²) in [6.45, 7) is 3.05. The van der Waals surface area contributed by atoms with Gasteiger partial charge in [-0.05, 0) is 68.5 Å². The molecule has 3 aliphatic rings. The number of piperidine rings is 1. The minimum atomic E-state index is -0.607. The predicted molar refractivity (Wildman–Crippen MR) is 125 cm³/mol. The lowest BCUT2D eigenvalue weighted by atomic mass is 9.92. The smallest absolute Gasteiger partial charge is 0.255 e. The van der Waals surface area contributed by atoms with Crippen LogP contribution in [0.4, 0.5) is 0 Å². The van der Waals surface area contributed by atoms with Crippen molar-refractivity contribution in [2.24, 2.45) is 0 Å². The fourth-order valence-corrected chi connectivity index (χ4v) is 5.20. The van der Waals surface area contributed by atoms with Gasteiger partial charge in [0.15, 0.2) is 0 Å². The standard InChI is InChI=1S/C26H30N4O4/c1-16-5-4-6-18(28-16)14-27-21-7-2-3-8-23(21)34-19-9-10-20-17(13-19)15-30(26(20)33)22-11-12-24(31)29-25(22)32/h4-6,9-10,13,21-23,27H,2-3,7-8,11-12,14-15H2,1H3,(H,29,31,32)/t21-,22?,23+/m1/s1. The van der Waals surface area contributed by atoms with Crippen molar-refractivity contribution in [2.45, 2.75) is 76.7 Å². The molecule has 5 rings (SSSR count). The fourth-order valence-electron chi connectivity index (χ4n) is 5.20. The fraction of sp³-hybridized carbons (Fsp3) is 0.462. The van der Waals surface area contributed by atoms with Crippen molar-refractivity contribution < 1.29 is 19.1 Å². The van der Waals surface area contributed by atoms with Crippen LogP contribution in [-0.2, 0) is 22.7 Å². The number of benzene rings is 1. The van der Waals surface area contributed by atoms with Crippen LogP contribution in [0.3, 0.4) is 0 Å². The lowest BCUT2D eigenvalue weighted by Crippen LogP contribution is -2.52. The summed E-state index contributed by atoms with van der Waals surface area (Å²) in [6.07, 6.45) is 4.95. The van der Waals surface area contributed by atoms with Gasteiger partial charge in [0, 0.05) is 36.8 Å². The van der Waals surface area contributed by atoms with Crippen molar-refractivity contribution in [3.05, 3.63) is 58.9 Å². The number of hydrogen-bond donors (Lipinski definition) is 2. The maximum absolute atomic E-state index is 12.9. The second-order valence-corrected chi connectivity index (χ2v) is 9.42. The van der Waals surface area contributed by atoms with Gasteiger partial charge < -0.3 is 15.0 Å². The molecule has 8 nitrogen and oxygen atoms in total. The monoisotopic (exact) mass is 462 g/mol. The number of imide groups is 1. The van der Waals surface area contributed by atoms with E-state index in [0.29, 0.717) is 25.1 Å². The van der Waals surface area contributed by atoms with Gasteiger partial charge in [-0.1, -0.05) is 12.5 Å². The van der Waals surface area contributed by atoms with Crippen LogP contribution >= 0.6 is 0 Å². The Labute approximate surface area is 199 Å². The molecule has 3 amide bonds. The first kappa shape index (κ1) is 22.5. The first-order valence-electron chi connectivity index (χ1n) is 12.1. The van der Waals surface area contributed by atoms with Crippen molar-refractivity contribution >= 4 is 17.7 Å². The van der Waals surface area contributed by atoms with Gasteiger partial charge in [-0.25, -0.2) is 0 Å². The van der Waals surface area contributed by atoms with E-state index >= 15 is 0 Å².